The molecule has 1 saturated heterocycles. The van der Waals surface area contributed by atoms with Gasteiger partial charge in [-0.3, -0.25) is 9.78 Å². The molecule has 0 unspecified atom stereocenters. The van der Waals surface area contributed by atoms with Crippen molar-refractivity contribution in [2.24, 2.45) is 0 Å². The maximum absolute atomic E-state index is 13.0. The molecule has 2 aromatic rings. The van der Waals surface area contributed by atoms with E-state index >= 15 is 0 Å². The van der Waals surface area contributed by atoms with E-state index < -0.39 is 18.8 Å². The second kappa shape index (κ2) is 7.23. The zero-order chi connectivity index (χ0) is 20.8. The highest BCUT2D eigenvalue weighted by molar-refractivity contribution is 5.93. The van der Waals surface area contributed by atoms with Crippen molar-refractivity contribution in [3.8, 4) is 0 Å². The van der Waals surface area contributed by atoms with Gasteiger partial charge in [0.1, 0.15) is 6.17 Å². The molecule has 2 aromatic heterocycles. The molecule has 2 aliphatic heterocycles. The van der Waals surface area contributed by atoms with E-state index in [4.69, 9.17) is 0 Å². The van der Waals surface area contributed by atoms with Crippen LogP contribution in [0.3, 0.4) is 0 Å². The average Bonchev–Trinajstić information content (AvgIpc) is 2.63. The summed E-state index contributed by atoms with van der Waals surface area (Å²) in [6.07, 6.45) is -4.43. The minimum atomic E-state index is -4.28. The van der Waals surface area contributed by atoms with Crippen LogP contribution in [0.15, 0.2) is 18.3 Å². The Morgan fingerprint density at radius 1 is 1.24 bits per heavy atom. The van der Waals surface area contributed by atoms with E-state index in [2.05, 4.69) is 15.2 Å². The normalized spacial score (nSPS) is 17.1. The molecule has 10 heteroatoms. The zero-order valence-electron chi connectivity index (χ0n) is 15.7. The van der Waals surface area contributed by atoms with Crippen LogP contribution in [0.25, 0.3) is 0 Å². The van der Waals surface area contributed by atoms with Gasteiger partial charge in [0.05, 0.1) is 19.5 Å². The second-order valence-electron chi connectivity index (χ2n) is 7.46. The van der Waals surface area contributed by atoms with E-state index in [1.165, 1.54) is 11.1 Å². The number of alkyl halides is 4. The van der Waals surface area contributed by atoms with Crippen LogP contribution in [0.5, 0.6) is 0 Å². The van der Waals surface area contributed by atoms with Crippen molar-refractivity contribution in [1.82, 2.24) is 20.1 Å². The first-order valence-electron chi connectivity index (χ1n) is 9.25. The molecule has 0 spiro atoms. The lowest BCUT2D eigenvalue weighted by molar-refractivity contribution is -0.127. The van der Waals surface area contributed by atoms with Gasteiger partial charge in [-0.2, -0.15) is 13.2 Å². The number of likely N-dealkylation sites (tertiary alicyclic amines) is 1. The highest BCUT2D eigenvalue weighted by Gasteiger charge is 2.32. The number of nitrogens with zero attached hydrogens (tertiary/aromatic N) is 5. The first-order chi connectivity index (χ1) is 13.7. The molecule has 0 N–H and O–H groups in total. The summed E-state index contributed by atoms with van der Waals surface area (Å²) in [5.74, 6) is 0.214. The molecule has 4 rings (SSSR count). The van der Waals surface area contributed by atoms with Gasteiger partial charge in [-0.1, -0.05) is 6.07 Å². The highest BCUT2D eigenvalue weighted by Crippen LogP contribution is 2.27. The van der Waals surface area contributed by atoms with Crippen LogP contribution in [0, 0.1) is 6.92 Å². The fourth-order valence-corrected chi connectivity index (χ4v) is 3.63. The number of aromatic nitrogens is 3. The van der Waals surface area contributed by atoms with Crippen molar-refractivity contribution in [1.29, 1.82) is 0 Å². The van der Waals surface area contributed by atoms with E-state index in [1.807, 2.05) is 4.90 Å². The van der Waals surface area contributed by atoms with Crippen LogP contribution in [0.2, 0.25) is 0 Å². The first kappa shape index (κ1) is 19.5. The average molecular weight is 409 g/mol. The molecule has 0 saturated carbocycles. The molecule has 0 aliphatic carbocycles. The summed E-state index contributed by atoms with van der Waals surface area (Å²) in [5, 5.41) is 8.17. The molecule has 29 heavy (non-hydrogen) atoms. The number of amides is 1. The summed E-state index contributed by atoms with van der Waals surface area (Å²) >= 11 is 0. The van der Waals surface area contributed by atoms with Crippen molar-refractivity contribution < 1.29 is 22.4 Å². The first-order valence-corrected chi connectivity index (χ1v) is 9.25. The van der Waals surface area contributed by atoms with Gasteiger partial charge in [-0.05, 0) is 29.7 Å². The minimum absolute atomic E-state index is 0.0669. The molecule has 6 nitrogen and oxygen atoms in total. The Morgan fingerprint density at radius 3 is 2.66 bits per heavy atom. The van der Waals surface area contributed by atoms with Crippen molar-refractivity contribution in [3.63, 3.8) is 0 Å². The Hall–Kier alpha value is -2.78. The number of anilines is 1. The molecule has 0 atom stereocenters. The number of carbonyl (C=O) groups is 1. The number of carbonyl (C=O) groups excluding carboxylic acids is 1. The third kappa shape index (κ3) is 4.15. The Morgan fingerprint density at radius 2 is 2.00 bits per heavy atom. The number of hydrogen-bond acceptors (Lipinski definition) is 5. The summed E-state index contributed by atoms with van der Waals surface area (Å²) in [4.78, 5) is 19.7. The molecule has 0 aromatic carbocycles. The van der Waals surface area contributed by atoms with Gasteiger partial charge in [0, 0.05) is 31.4 Å². The maximum atomic E-state index is 13.0. The number of pyridine rings is 1. The van der Waals surface area contributed by atoms with E-state index in [0.717, 1.165) is 16.8 Å². The molecule has 2 aliphatic rings. The number of halogens is 4. The summed E-state index contributed by atoms with van der Waals surface area (Å²) in [7, 11) is 0. The molecule has 154 valence electrons. The number of aryl methyl sites for hydroxylation is 1. The van der Waals surface area contributed by atoms with Gasteiger partial charge in [0.15, 0.2) is 11.5 Å². The van der Waals surface area contributed by atoms with Crippen LogP contribution >= 0.6 is 0 Å². The highest BCUT2D eigenvalue weighted by atomic mass is 19.4. The molecule has 0 radical (unpaired) electrons. The van der Waals surface area contributed by atoms with E-state index in [0.29, 0.717) is 25.3 Å². The third-order valence-corrected chi connectivity index (χ3v) is 5.10. The van der Waals surface area contributed by atoms with Gasteiger partial charge in [-0.15, -0.1) is 10.2 Å². The summed E-state index contributed by atoms with van der Waals surface area (Å²) in [5.41, 5.74) is 2.52. The largest absolute Gasteiger partial charge is 0.393 e. The minimum Gasteiger partial charge on any atom is -0.350 e. The van der Waals surface area contributed by atoms with Crippen LogP contribution in [-0.4, -0.2) is 58.0 Å². The zero-order valence-corrected chi connectivity index (χ0v) is 15.7. The summed E-state index contributed by atoms with van der Waals surface area (Å²) in [6.45, 7) is 2.89. The second-order valence-corrected chi connectivity index (χ2v) is 7.46. The smallest absolute Gasteiger partial charge is 0.350 e. The molecule has 4 heterocycles. The van der Waals surface area contributed by atoms with E-state index in [9.17, 15) is 22.4 Å². The Bertz CT molecular complexity index is 943. The summed E-state index contributed by atoms with van der Waals surface area (Å²) < 4.78 is 51.0. The Labute approximate surface area is 164 Å². The molecule has 1 fully saturated rings. The number of hydrogen-bond donors (Lipinski definition) is 0. The van der Waals surface area contributed by atoms with Crippen LogP contribution < -0.4 is 4.90 Å². The molecule has 1 amide bonds. The van der Waals surface area contributed by atoms with Crippen LogP contribution in [0.4, 0.5) is 23.4 Å². The van der Waals surface area contributed by atoms with Crippen molar-refractivity contribution in [3.05, 3.63) is 46.4 Å². The topological polar surface area (TPSA) is 62.2 Å². The fourth-order valence-electron chi connectivity index (χ4n) is 3.63. The van der Waals surface area contributed by atoms with Gasteiger partial charge < -0.3 is 9.80 Å². The Kier molecular flexibility index (Phi) is 4.87. The standard InChI is InChI=1S/C19H19F4N5O/c1-11-4-16(18(29)28-9-14(20)10-28)25-26-17(11)27-3-2-15-13(8-27)5-12(7-24-15)6-19(21,22)23/h4-5,7,14H,2-3,6,8-10H2,1H3. The molecule has 0 bridgehead atoms. The SMILES string of the molecule is Cc1cc(C(=O)N2CC(F)C2)nnc1N1CCc2ncc(CC(F)(F)F)cc2C1. The van der Waals surface area contributed by atoms with Crippen LogP contribution in [0.1, 0.15) is 32.9 Å². The Balaban J connectivity index is 1.51. The third-order valence-electron chi connectivity index (χ3n) is 5.10. The lowest BCUT2D eigenvalue weighted by atomic mass is 10.0. The summed E-state index contributed by atoms with van der Waals surface area (Å²) in [6, 6.07) is 3.16. The van der Waals surface area contributed by atoms with Gasteiger partial charge in [0.25, 0.3) is 5.91 Å². The van der Waals surface area contributed by atoms with E-state index in [1.54, 1.807) is 19.1 Å². The lowest BCUT2D eigenvalue weighted by Gasteiger charge is -2.34. The van der Waals surface area contributed by atoms with Gasteiger partial charge in [-0.25, -0.2) is 4.39 Å². The van der Waals surface area contributed by atoms with Crippen molar-refractivity contribution in [2.75, 3.05) is 24.5 Å². The fraction of sp³-hybridized carbons (Fsp3) is 0.474. The quantitative estimate of drug-likeness (QED) is 0.730. The van der Waals surface area contributed by atoms with Crippen LogP contribution in [-0.2, 0) is 19.4 Å². The predicted octanol–water partition coefficient (Wildman–Crippen LogP) is 2.64. The van der Waals surface area contributed by atoms with Gasteiger partial charge in [0.2, 0.25) is 0 Å². The monoisotopic (exact) mass is 409 g/mol. The van der Waals surface area contributed by atoms with E-state index in [-0.39, 0.29) is 30.3 Å². The lowest BCUT2D eigenvalue weighted by Crippen LogP contribution is -2.51. The molecular weight excluding hydrogens is 390 g/mol. The molecular formula is C19H19F4N5O. The van der Waals surface area contributed by atoms with Crippen molar-refractivity contribution >= 4 is 11.7 Å². The number of fused-ring (bicyclic) bond motifs is 1. The predicted molar refractivity (Wildman–Crippen MR) is 96.3 cm³/mol. The maximum Gasteiger partial charge on any atom is 0.393 e. The number of rotatable bonds is 3. The van der Waals surface area contributed by atoms with Crippen molar-refractivity contribution in [2.45, 2.75) is 38.7 Å². The van der Waals surface area contributed by atoms with Gasteiger partial charge >= 0.3 is 6.18 Å².